The molecular weight excluding hydrogens is 366 g/mol. The molecule has 0 aliphatic carbocycles. The number of ether oxygens (including phenoxy) is 2. The molecule has 0 aliphatic heterocycles. The van der Waals surface area contributed by atoms with Gasteiger partial charge in [-0.3, -0.25) is 9.10 Å². The first-order valence-corrected chi connectivity index (χ1v) is 9.29. The molecule has 2 aromatic carbocycles. The molecule has 0 aliphatic rings. The summed E-state index contributed by atoms with van der Waals surface area (Å²) in [5, 5.41) is 0.313. The summed E-state index contributed by atoms with van der Waals surface area (Å²) in [6, 6.07) is 12.3. The number of nitrogens with zero attached hydrogens (tertiary/aromatic N) is 1. The smallest absolute Gasteiger partial charge is 0.326 e. The van der Waals surface area contributed by atoms with Gasteiger partial charge in [-0.15, -0.1) is 0 Å². The van der Waals surface area contributed by atoms with Crippen LogP contribution in [0.5, 0.6) is 5.75 Å². The van der Waals surface area contributed by atoms with E-state index in [2.05, 4.69) is 0 Å². The number of anilines is 1. The Morgan fingerprint density at radius 1 is 1.16 bits per heavy atom. The highest BCUT2D eigenvalue weighted by atomic mass is 35.5. The van der Waals surface area contributed by atoms with Crippen LogP contribution in [0.4, 0.5) is 5.69 Å². The number of sulfonamides is 1. The molecule has 0 spiro atoms. The van der Waals surface area contributed by atoms with Crippen molar-refractivity contribution in [1.29, 1.82) is 0 Å². The number of benzene rings is 2. The predicted octanol–water partition coefficient (Wildman–Crippen LogP) is 3.11. The van der Waals surface area contributed by atoms with Crippen LogP contribution < -0.4 is 9.04 Å². The molecule has 0 radical (unpaired) electrons. The van der Waals surface area contributed by atoms with Crippen molar-refractivity contribution in [3.8, 4) is 5.75 Å². The second-order valence-corrected chi connectivity index (χ2v) is 7.24. The van der Waals surface area contributed by atoms with E-state index in [0.29, 0.717) is 5.02 Å². The largest absolute Gasteiger partial charge is 0.495 e. The fourth-order valence-electron chi connectivity index (χ4n) is 2.20. The standard InChI is InChI=1S/C17H18ClNO5S/c1-3-24-17(20)12-19(15-11-13(18)9-10-16(15)23-2)25(21,22)14-7-5-4-6-8-14/h4-11H,3,12H2,1-2H3. The first kappa shape index (κ1) is 19.1. The Kier molecular flexibility index (Phi) is 6.27. The normalized spacial score (nSPS) is 11.0. The number of hydrogen-bond acceptors (Lipinski definition) is 5. The fourth-order valence-corrected chi connectivity index (χ4v) is 3.80. The molecule has 0 saturated carbocycles. The summed E-state index contributed by atoms with van der Waals surface area (Å²) in [5.41, 5.74) is 0.159. The molecule has 0 amide bonds. The van der Waals surface area contributed by atoms with Gasteiger partial charge in [-0.2, -0.15) is 0 Å². The van der Waals surface area contributed by atoms with Crippen LogP contribution in [-0.2, 0) is 19.6 Å². The van der Waals surface area contributed by atoms with E-state index in [1.807, 2.05) is 0 Å². The van der Waals surface area contributed by atoms with E-state index in [0.717, 1.165) is 4.31 Å². The molecule has 0 N–H and O–H groups in total. The van der Waals surface area contributed by atoms with Gasteiger partial charge in [0.1, 0.15) is 12.3 Å². The first-order valence-electron chi connectivity index (χ1n) is 7.47. The van der Waals surface area contributed by atoms with Crippen LogP contribution in [0.3, 0.4) is 0 Å². The van der Waals surface area contributed by atoms with Crippen molar-refractivity contribution in [2.45, 2.75) is 11.8 Å². The number of methoxy groups -OCH3 is 1. The van der Waals surface area contributed by atoms with Gasteiger partial charge < -0.3 is 9.47 Å². The maximum Gasteiger partial charge on any atom is 0.326 e. The van der Waals surface area contributed by atoms with Crippen LogP contribution in [0.1, 0.15) is 6.92 Å². The van der Waals surface area contributed by atoms with E-state index in [-0.39, 0.29) is 22.9 Å². The van der Waals surface area contributed by atoms with E-state index in [4.69, 9.17) is 21.1 Å². The van der Waals surface area contributed by atoms with Gasteiger partial charge in [-0.1, -0.05) is 29.8 Å². The molecule has 0 unspecified atom stereocenters. The average molecular weight is 384 g/mol. The zero-order valence-electron chi connectivity index (χ0n) is 13.8. The van der Waals surface area contributed by atoms with Crippen LogP contribution in [0.25, 0.3) is 0 Å². The topological polar surface area (TPSA) is 72.9 Å². The minimum atomic E-state index is -4.02. The Bertz CT molecular complexity index is 839. The van der Waals surface area contributed by atoms with Gasteiger partial charge in [0.05, 0.1) is 24.3 Å². The zero-order chi connectivity index (χ0) is 18.4. The lowest BCUT2D eigenvalue weighted by Crippen LogP contribution is -2.36. The quantitative estimate of drug-likeness (QED) is 0.687. The van der Waals surface area contributed by atoms with E-state index >= 15 is 0 Å². The maximum absolute atomic E-state index is 13.1. The van der Waals surface area contributed by atoms with E-state index in [9.17, 15) is 13.2 Å². The Morgan fingerprint density at radius 2 is 1.84 bits per heavy atom. The third-order valence-corrected chi connectivity index (χ3v) is 5.33. The molecular formula is C17H18ClNO5S. The van der Waals surface area contributed by atoms with Crippen LogP contribution in [0, 0.1) is 0 Å². The number of rotatable bonds is 7. The number of hydrogen-bond donors (Lipinski definition) is 0. The predicted molar refractivity (Wildman–Crippen MR) is 95.6 cm³/mol. The summed E-state index contributed by atoms with van der Waals surface area (Å²) >= 11 is 6.02. The lowest BCUT2D eigenvalue weighted by atomic mass is 10.3. The minimum Gasteiger partial charge on any atom is -0.495 e. The Morgan fingerprint density at radius 3 is 2.44 bits per heavy atom. The van der Waals surface area contributed by atoms with Crippen molar-refractivity contribution in [3.63, 3.8) is 0 Å². The highest BCUT2D eigenvalue weighted by Crippen LogP contribution is 2.34. The molecule has 134 valence electrons. The second-order valence-electron chi connectivity index (χ2n) is 4.95. The van der Waals surface area contributed by atoms with Crippen LogP contribution >= 0.6 is 11.6 Å². The summed E-state index contributed by atoms with van der Waals surface area (Å²) in [4.78, 5) is 12.0. The van der Waals surface area contributed by atoms with Gasteiger partial charge in [0.2, 0.25) is 0 Å². The van der Waals surface area contributed by atoms with Gasteiger partial charge in [-0.05, 0) is 37.3 Å². The number of esters is 1. The second kappa shape index (κ2) is 8.22. The lowest BCUT2D eigenvalue weighted by Gasteiger charge is -2.25. The molecule has 0 bridgehead atoms. The van der Waals surface area contributed by atoms with Crippen molar-refractivity contribution in [3.05, 3.63) is 53.6 Å². The van der Waals surface area contributed by atoms with Crippen molar-refractivity contribution >= 4 is 33.3 Å². The van der Waals surface area contributed by atoms with Crippen molar-refractivity contribution < 1.29 is 22.7 Å². The molecule has 2 aromatic rings. The summed E-state index contributed by atoms with van der Waals surface area (Å²) in [5.74, 6) is -0.405. The monoisotopic (exact) mass is 383 g/mol. The SMILES string of the molecule is CCOC(=O)CN(c1cc(Cl)ccc1OC)S(=O)(=O)c1ccccc1. The summed E-state index contributed by atoms with van der Waals surface area (Å²) < 4.78 is 37.2. The zero-order valence-corrected chi connectivity index (χ0v) is 15.4. The highest BCUT2D eigenvalue weighted by Gasteiger charge is 2.30. The van der Waals surface area contributed by atoms with E-state index in [1.165, 1.54) is 31.4 Å². The van der Waals surface area contributed by atoms with Crippen LogP contribution in [0.15, 0.2) is 53.4 Å². The van der Waals surface area contributed by atoms with Crippen molar-refractivity contribution in [1.82, 2.24) is 0 Å². The van der Waals surface area contributed by atoms with Gasteiger partial charge in [0.15, 0.2) is 0 Å². The van der Waals surface area contributed by atoms with E-state index < -0.39 is 22.5 Å². The Balaban J connectivity index is 2.58. The lowest BCUT2D eigenvalue weighted by molar-refractivity contribution is -0.141. The third-order valence-electron chi connectivity index (χ3n) is 3.32. The molecule has 0 fully saturated rings. The van der Waals surface area contributed by atoms with Crippen molar-refractivity contribution in [2.75, 3.05) is 24.6 Å². The van der Waals surface area contributed by atoms with E-state index in [1.54, 1.807) is 31.2 Å². The molecule has 0 aromatic heterocycles. The van der Waals surface area contributed by atoms with Gasteiger partial charge in [0, 0.05) is 5.02 Å². The Labute approximate surface area is 152 Å². The Hall–Kier alpha value is -2.25. The summed E-state index contributed by atoms with van der Waals surface area (Å²) in [7, 11) is -2.62. The van der Waals surface area contributed by atoms with Gasteiger partial charge in [-0.25, -0.2) is 8.42 Å². The first-order chi connectivity index (χ1) is 11.9. The molecule has 0 saturated heterocycles. The third kappa shape index (κ3) is 4.43. The average Bonchev–Trinajstić information content (AvgIpc) is 2.60. The number of carbonyl (C=O) groups is 1. The molecule has 2 rings (SSSR count). The van der Waals surface area contributed by atoms with Gasteiger partial charge in [0.25, 0.3) is 10.0 Å². The number of carbonyl (C=O) groups excluding carboxylic acids is 1. The molecule has 8 heteroatoms. The number of halogens is 1. The highest BCUT2D eigenvalue weighted by molar-refractivity contribution is 7.92. The summed E-state index contributed by atoms with van der Waals surface area (Å²) in [6.45, 7) is 1.29. The maximum atomic E-state index is 13.1. The minimum absolute atomic E-state index is 0.0429. The fraction of sp³-hybridized carbons (Fsp3) is 0.235. The summed E-state index contributed by atoms with van der Waals surface area (Å²) in [6.07, 6.45) is 0. The molecule has 0 atom stereocenters. The van der Waals surface area contributed by atoms with Crippen molar-refractivity contribution in [2.24, 2.45) is 0 Å². The van der Waals surface area contributed by atoms with Crippen LogP contribution in [-0.4, -0.2) is 34.6 Å². The van der Waals surface area contributed by atoms with Crippen LogP contribution in [0.2, 0.25) is 5.02 Å². The molecule has 0 heterocycles. The molecule has 25 heavy (non-hydrogen) atoms. The molecule has 6 nitrogen and oxygen atoms in total. The van der Waals surface area contributed by atoms with Gasteiger partial charge >= 0.3 is 5.97 Å².